The van der Waals surface area contributed by atoms with Crippen LogP contribution in [0.15, 0.2) is 36.4 Å². The summed E-state index contributed by atoms with van der Waals surface area (Å²) in [6.07, 6.45) is 0.678. The van der Waals surface area contributed by atoms with Crippen LogP contribution in [0.5, 0.6) is 0 Å². The minimum Gasteiger partial charge on any atom is -0.478 e. The number of alkyl halides is 6. The number of benzene rings is 2. The Kier molecular flexibility index (Phi) is 9.42. The summed E-state index contributed by atoms with van der Waals surface area (Å²) in [5.41, 5.74) is -1.06. The lowest BCUT2D eigenvalue weighted by Crippen LogP contribution is -2.15. The van der Waals surface area contributed by atoms with Gasteiger partial charge in [-0.1, -0.05) is 56.7 Å². The molecule has 4 rings (SSSR count). The Morgan fingerprint density at radius 2 is 1.14 bits per heavy atom. The number of aromatic carboxylic acids is 1. The lowest BCUT2D eigenvalue weighted by molar-refractivity contribution is -0.139. The maximum atomic E-state index is 13.1. The Morgan fingerprint density at radius 3 is 1.54 bits per heavy atom. The van der Waals surface area contributed by atoms with E-state index in [0.717, 1.165) is 76.3 Å². The number of aldehydes is 1. The fraction of sp³-hybridized carbons (Fsp3) is 0.500. The Hall–Kier alpha value is -2.84. The number of carboxylic acids is 1. The Labute approximate surface area is 211 Å². The summed E-state index contributed by atoms with van der Waals surface area (Å²) in [5.74, 6) is -1.45. The van der Waals surface area contributed by atoms with Crippen LogP contribution in [0.1, 0.15) is 119 Å². The summed E-state index contributed by atoms with van der Waals surface area (Å²) in [6.45, 7) is 0. The molecule has 2 aliphatic rings. The van der Waals surface area contributed by atoms with E-state index in [1.165, 1.54) is 24.3 Å². The van der Waals surface area contributed by atoms with Crippen LogP contribution in [-0.2, 0) is 12.4 Å². The number of hydrogen-bond acceptors (Lipinski definition) is 2. The van der Waals surface area contributed by atoms with E-state index >= 15 is 0 Å². The van der Waals surface area contributed by atoms with E-state index in [1.54, 1.807) is 0 Å². The maximum Gasteiger partial charge on any atom is 0.416 e. The van der Waals surface area contributed by atoms with Crippen LogP contribution < -0.4 is 0 Å². The third-order valence-electron chi connectivity index (χ3n) is 7.21. The molecule has 2 saturated carbocycles. The summed E-state index contributed by atoms with van der Waals surface area (Å²) in [6, 6.07) is 7.28. The zero-order valence-electron chi connectivity index (χ0n) is 20.3. The van der Waals surface area contributed by atoms with E-state index in [0.29, 0.717) is 11.8 Å². The number of halogens is 6. The summed E-state index contributed by atoms with van der Waals surface area (Å²) in [7, 11) is 0. The van der Waals surface area contributed by atoms with Crippen molar-refractivity contribution >= 4 is 12.3 Å². The second kappa shape index (κ2) is 12.1. The number of carbonyl (C=O) groups is 2. The van der Waals surface area contributed by atoms with Crippen molar-refractivity contribution in [2.24, 2.45) is 0 Å². The molecule has 0 heterocycles. The third-order valence-corrected chi connectivity index (χ3v) is 7.21. The van der Waals surface area contributed by atoms with Gasteiger partial charge in [-0.15, -0.1) is 0 Å². The SMILES string of the molecule is O=C(O)c1ccc(C2CCCCC2)c(C(F)(F)F)c1.O=Cc1ccc(C2CCCCC2)c(C(F)(F)F)c1. The van der Waals surface area contributed by atoms with Gasteiger partial charge in [0.15, 0.2) is 0 Å². The number of hydrogen-bond donors (Lipinski definition) is 1. The smallest absolute Gasteiger partial charge is 0.416 e. The van der Waals surface area contributed by atoms with Gasteiger partial charge in [0.1, 0.15) is 6.29 Å². The van der Waals surface area contributed by atoms with Gasteiger partial charge >= 0.3 is 18.3 Å². The van der Waals surface area contributed by atoms with Crippen LogP contribution in [0.4, 0.5) is 26.3 Å². The number of carbonyl (C=O) groups excluding carboxylic acids is 1. The molecule has 202 valence electrons. The van der Waals surface area contributed by atoms with Crippen molar-refractivity contribution in [1.29, 1.82) is 0 Å². The van der Waals surface area contributed by atoms with Crippen LogP contribution in [0.2, 0.25) is 0 Å². The quantitative estimate of drug-likeness (QED) is 0.318. The lowest BCUT2D eigenvalue weighted by atomic mass is 9.81. The number of rotatable bonds is 4. The van der Waals surface area contributed by atoms with Gasteiger partial charge in [-0.05, 0) is 66.8 Å². The summed E-state index contributed by atoms with van der Waals surface area (Å²) < 4.78 is 78.2. The molecule has 2 aromatic rings. The monoisotopic (exact) mass is 528 g/mol. The molecule has 2 aliphatic carbocycles. The first-order valence-electron chi connectivity index (χ1n) is 12.5. The summed E-state index contributed by atoms with van der Waals surface area (Å²) in [4.78, 5) is 21.4. The fourth-order valence-electron chi connectivity index (χ4n) is 5.37. The second-order valence-corrected chi connectivity index (χ2v) is 9.74. The first-order chi connectivity index (χ1) is 17.4. The maximum absolute atomic E-state index is 13.1. The average Bonchev–Trinajstić information content (AvgIpc) is 2.88. The topological polar surface area (TPSA) is 54.4 Å². The van der Waals surface area contributed by atoms with Gasteiger partial charge in [-0.3, -0.25) is 4.79 Å². The normalized spacial score (nSPS) is 17.6. The van der Waals surface area contributed by atoms with Crippen LogP contribution >= 0.6 is 0 Å². The van der Waals surface area contributed by atoms with Crippen LogP contribution in [0.3, 0.4) is 0 Å². The molecule has 1 N–H and O–H groups in total. The standard InChI is InChI=1S/C14H15F3O2.C14H15F3O/c15-14(16,17)12-8-10(13(18)19)6-7-11(12)9-4-2-1-3-5-9;15-14(16,17)13-8-10(9-18)6-7-12(13)11-4-2-1-3-5-11/h6-9H,1-5H2,(H,18,19);6-9,11H,1-5H2. The molecule has 0 aliphatic heterocycles. The Bertz CT molecular complexity index is 1080. The van der Waals surface area contributed by atoms with E-state index in [2.05, 4.69) is 0 Å². The van der Waals surface area contributed by atoms with E-state index in [1.807, 2.05) is 0 Å². The highest BCUT2D eigenvalue weighted by Crippen LogP contribution is 2.42. The highest BCUT2D eigenvalue weighted by atomic mass is 19.4. The molecule has 0 spiro atoms. The van der Waals surface area contributed by atoms with Gasteiger partial charge in [0.05, 0.1) is 16.7 Å². The summed E-state index contributed by atoms with van der Waals surface area (Å²) in [5, 5.41) is 8.81. The predicted molar refractivity (Wildman–Crippen MR) is 127 cm³/mol. The molecular weight excluding hydrogens is 498 g/mol. The number of carboxylic acid groups (broad SMARTS) is 1. The third kappa shape index (κ3) is 7.58. The van der Waals surface area contributed by atoms with Gasteiger partial charge in [-0.2, -0.15) is 26.3 Å². The van der Waals surface area contributed by atoms with E-state index in [4.69, 9.17) is 5.11 Å². The van der Waals surface area contributed by atoms with Crippen molar-refractivity contribution in [1.82, 2.24) is 0 Å². The molecular formula is C28H30F6O3. The molecule has 37 heavy (non-hydrogen) atoms. The molecule has 3 nitrogen and oxygen atoms in total. The average molecular weight is 529 g/mol. The van der Waals surface area contributed by atoms with Gasteiger partial charge in [0, 0.05) is 5.56 Å². The minimum atomic E-state index is -4.50. The van der Waals surface area contributed by atoms with Crippen molar-refractivity contribution in [3.8, 4) is 0 Å². The molecule has 0 unspecified atom stereocenters. The largest absolute Gasteiger partial charge is 0.478 e. The minimum absolute atomic E-state index is 0.0175. The molecule has 2 fully saturated rings. The Balaban J connectivity index is 0.000000206. The van der Waals surface area contributed by atoms with Crippen LogP contribution in [-0.4, -0.2) is 17.4 Å². The highest BCUT2D eigenvalue weighted by molar-refractivity contribution is 5.88. The van der Waals surface area contributed by atoms with E-state index in [9.17, 15) is 35.9 Å². The van der Waals surface area contributed by atoms with Crippen molar-refractivity contribution in [3.63, 3.8) is 0 Å². The van der Waals surface area contributed by atoms with Gasteiger partial charge < -0.3 is 5.11 Å². The van der Waals surface area contributed by atoms with Crippen molar-refractivity contribution in [2.75, 3.05) is 0 Å². The van der Waals surface area contributed by atoms with Crippen molar-refractivity contribution in [3.05, 3.63) is 69.8 Å². The second-order valence-electron chi connectivity index (χ2n) is 9.74. The molecule has 0 aromatic heterocycles. The molecule has 0 amide bonds. The first kappa shape index (κ1) is 28.7. The van der Waals surface area contributed by atoms with Crippen LogP contribution in [0, 0.1) is 0 Å². The summed E-state index contributed by atoms with van der Waals surface area (Å²) >= 11 is 0. The van der Waals surface area contributed by atoms with Crippen molar-refractivity contribution < 1.29 is 41.0 Å². The molecule has 0 atom stereocenters. The van der Waals surface area contributed by atoms with Gasteiger partial charge in [0.25, 0.3) is 0 Å². The fourth-order valence-corrected chi connectivity index (χ4v) is 5.37. The molecule has 0 bridgehead atoms. The van der Waals surface area contributed by atoms with Crippen molar-refractivity contribution in [2.45, 2.75) is 88.4 Å². The zero-order chi connectivity index (χ0) is 27.2. The van der Waals surface area contributed by atoms with E-state index in [-0.39, 0.29) is 28.5 Å². The van der Waals surface area contributed by atoms with Crippen LogP contribution in [0.25, 0.3) is 0 Å². The van der Waals surface area contributed by atoms with Gasteiger partial charge in [-0.25, -0.2) is 4.79 Å². The molecule has 0 radical (unpaired) electrons. The first-order valence-corrected chi connectivity index (χ1v) is 12.5. The zero-order valence-corrected chi connectivity index (χ0v) is 20.3. The molecule has 0 saturated heterocycles. The van der Waals surface area contributed by atoms with Gasteiger partial charge in [0.2, 0.25) is 0 Å². The Morgan fingerprint density at radius 1 is 0.703 bits per heavy atom. The molecule has 2 aromatic carbocycles. The lowest BCUT2D eigenvalue weighted by Gasteiger charge is -2.25. The molecule has 9 heteroatoms. The predicted octanol–water partition coefficient (Wildman–Crippen LogP) is 9.02. The van der Waals surface area contributed by atoms with E-state index < -0.39 is 29.4 Å². The highest BCUT2D eigenvalue weighted by Gasteiger charge is 2.37.